The highest BCUT2D eigenvalue weighted by Gasteiger charge is 2.38. The number of nitrogens with zero attached hydrogens (tertiary/aromatic N) is 1. The number of nitrogens with one attached hydrogen (secondary N) is 2. The highest BCUT2D eigenvalue weighted by molar-refractivity contribution is 7.91. The molecule has 1 atom stereocenters. The maximum absolute atomic E-state index is 11.5. The molecule has 0 radical (unpaired) electrons. The summed E-state index contributed by atoms with van der Waals surface area (Å²) in [6.45, 7) is 4.76. The van der Waals surface area contributed by atoms with E-state index in [-0.39, 0.29) is 17.0 Å². The summed E-state index contributed by atoms with van der Waals surface area (Å²) >= 11 is 0. The van der Waals surface area contributed by atoms with E-state index in [0.717, 1.165) is 18.1 Å². The smallest absolute Gasteiger partial charge is 0.152 e. The largest absolute Gasteiger partial charge is 0.379 e. The van der Waals surface area contributed by atoms with Gasteiger partial charge in [-0.15, -0.1) is 0 Å². The Balaban J connectivity index is 2.12. The molecule has 0 aromatic carbocycles. The summed E-state index contributed by atoms with van der Waals surface area (Å²) in [6.07, 6.45) is 2.36. The molecular weight excluding hydrogens is 250 g/mol. The van der Waals surface area contributed by atoms with Gasteiger partial charge in [-0.3, -0.25) is 0 Å². The Morgan fingerprint density at radius 2 is 2.28 bits per heavy atom. The molecule has 1 saturated heterocycles. The van der Waals surface area contributed by atoms with Gasteiger partial charge in [-0.1, -0.05) is 0 Å². The fourth-order valence-electron chi connectivity index (χ4n) is 2.24. The van der Waals surface area contributed by atoms with Crippen LogP contribution in [0.2, 0.25) is 0 Å². The number of pyridine rings is 1. The van der Waals surface area contributed by atoms with Crippen molar-refractivity contribution in [3.63, 3.8) is 0 Å². The number of rotatable bonds is 4. The van der Waals surface area contributed by atoms with Crippen LogP contribution in [-0.4, -0.2) is 37.0 Å². The Labute approximate surface area is 108 Å². The van der Waals surface area contributed by atoms with Crippen LogP contribution in [0.1, 0.15) is 20.3 Å². The second-order valence-corrected chi connectivity index (χ2v) is 7.17. The van der Waals surface area contributed by atoms with Crippen molar-refractivity contribution in [2.75, 3.05) is 28.7 Å². The molecule has 0 bridgehead atoms. The van der Waals surface area contributed by atoms with Gasteiger partial charge in [0, 0.05) is 30.0 Å². The van der Waals surface area contributed by atoms with Crippen molar-refractivity contribution in [3.05, 3.63) is 18.3 Å². The second kappa shape index (κ2) is 4.76. The molecule has 0 spiro atoms. The van der Waals surface area contributed by atoms with E-state index in [9.17, 15) is 8.42 Å². The van der Waals surface area contributed by atoms with Crippen LogP contribution >= 0.6 is 0 Å². The molecule has 1 aliphatic rings. The third kappa shape index (κ3) is 3.13. The van der Waals surface area contributed by atoms with Crippen molar-refractivity contribution in [3.8, 4) is 0 Å². The summed E-state index contributed by atoms with van der Waals surface area (Å²) < 4.78 is 23.1. The van der Waals surface area contributed by atoms with Crippen LogP contribution in [0, 0.1) is 0 Å². The summed E-state index contributed by atoms with van der Waals surface area (Å²) in [4.78, 5) is 4.19. The maximum Gasteiger partial charge on any atom is 0.152 e. The van der Waals surface area contributed by atoms with Gasteiger partial charge in [-0.2, -0.15) is 0 Å². The lowest BCUT2D eigenvalue weighted by Gasteiger charge is -2.25. The third-order valence-electron chi connectivity index (χ3n) is 3.07. The molecule has 1 aliphatic heterocycles. The summed E-state index contributed by atoms with van der Waals surface area (Å²) in [5.41, 5.74) is 0.532. The van der Waals surface area contributed by atoms with Crippen molar-refractivity contribution in [1.29, 1.82) is 0 Å². The minimum atomic E-state index is -2.89. The Kier molecular flexibility index (Phi) is 3.47. The fraction of sp³-hybridized carbons (Fsp3) is 0.583. The van der Waals surface area contributed by atoms with Crippen molar-refractivity contribution in [1.82, 2.24) is 4.98 Å². The number of aromatic nitrogens is 1. The van der Waals surface area contributed by atoms with Gasteiger partial charge in [-0.25, -0.2) is 13.4 Å². The SMILES string of the molecule is CCNc1cc(NC2(C)CCS(=O)(=O)C2)ccn1. The lowest BCUT2D eigenvalue weighted by Crippen LogP contribution is -2.35. The van der Waals surface area contributed by atoms with Gasteiger partial charge in [-0.05, 0) is 26.3 Å². The molecule has 1 aromatic heterocycles. The quantitative estimate of drug-likeness (QED) is 0.867. The predicted octanol–water partition coefficient (Wildman–Crippen LogP) is 1.50. The number of hydrogen-bond acceptors (Lipinski definition) is 5. The molecule has 18 heavy (non-hydrogen) atoms. The normalized spacial score (nSPS) is 25.9. The highest BCUT2D eigenvalue weighted by atomic mass is 32.2. The molecule has 0 amide bonds. The van der Waals surface area contributed by atoms with Crippen molar-refractivity contribution >= 4 is 21.3 Å². The molecule has 2 heterocycles. The molecule has 1 aromatic rings. The van der Waals surface area contributed by atoms with Gasteiger partial charge < -0.3 is 10.6 Å². The second-order valence-electron chi connectivity index (χ2n) is 4.99. The van der Waals surface area contributed by atoms with Gasteiger partial charge in [0.05, 0.1) is 11.5 Å². The lowest BCUT2D eigenvalue weighted by molar-refractivity contribution is 0.574. The van der Waals surface area contributed by atoms with E-state index in [4.69, 9.17) is 0 Å². The van der Waals surface area contributed by atoms with Gasteiger partial charge in [0.2, 0.25) is 0 Å². The highest BCUT2D eigenvalue weighted by Crippen LogP contribution is 2.27. The van der Waals surface area contributed by atoms with Crippen LogP contribution in [0.25, 0.3) is 0 Å². The summed E-state index contributed by atoms with van der Waals surface area (Å²) in [5.74, 6) is 1.26. The van der Waals surface area contributed by atoms with Crippen LogP contribution in [-0.2, 0) is 9.84 Å². The van der Waals surface area contributed by atoms with Crippen LogP contribution < -0.4 is 10.6 Å². The Bertz CT molecular complexity index is 530. The van der Waals surface area contributed by atoms with E-state index in [0.29, 0.717) is 6.42 Å². The van der Waals surface area contributed by atoms with Crippen molar-refractivity contribution < 1.29 is 8.42 Å². The van der Waals surface area contributed by atoms with Gasteiger partial charge in [0.1, 0.15) is 5.82 Å². The monoisotopic (exact) mass is 269 g/mol. The zero-order chi connectivity index (χ0) is 13.2. The predicted molar refractivity (Wildman–Crippen MR) is 73.7 cm³/mol. The number of hydrogen-bond donors (Lipinski definition) is 2. The molecule has 100 valence electrons. The van der Waals surface area contributed by atoms with Gasteiger partial charge in [0.25, 0.3) is 0 Å². The number of sulfone groups is 1. The Morgan fingerprint density at radius 3 is 2.89 bits per heavy atom. The Hall–Kier alpha value is -1.30. The Morgan fingerprint density at radius 1 is 1.50 bits per heavy atom. The molecule has 2 rings (SSSR count). The fourth-order valence-corrected chi connectivity index (χ4v) is 4.34. The average Bonchev–Trinajstić information content (AvgIpc) is 2.53. The summed E-state index contributed by atoms with van der Waals surface area (Å²) in [7, 11) is -2.89. The van der Waals surface area contributed by atoms with E-state index < -0.39 is 9.84 Å². The van der Waals surface area contributed by atoms with Crippen LogP contribution in [0.15, 0.2) is 18.3 Å². The molecule has 1 unspecified atom stereocenters. The van der Waals surface area contributed by atoms with Crippen LogP contribution in [0.3, 0.4) is 0 Å². The standard InChI is InChI=1S/C12H19N3O2S/c1-3-13-11-8-10(4-6-14-11)15-12(2)5-7-18(16,17)9-12/h4,6,8H,3,5,7,9H2,1-2H3,(H2,13,14,15). The van der Waals surface area contributed by atoms with Crippen LogP contribution in [0.5, 0.6) is 0 Å². The summed E-state index contributed by atoms with van der Waals surface area (Å²) in [6, 6.07) is 3.76. The first-order valence-corrected chi connectivity index (χ1v) is 7.93. The minimum Gasteiger partial charge on any atom is -0.379 e. The average molecular weight is 269 g/mol. The van der Waals surface area contributed by atoms with Crippen molar-refractivity contribution in [2.45, 2.75) is 25.8 Å². The lowest BCUT2D eigenvalue weighted by atomic mass is 10.0. The molecule has 5 nitrogen and oxygen atoms in total. The maximum atomic E-state index is 11.5. The first-order chi connectivity index (χ1) is 8.42. The van der Waals surface area contributed by atoms with Gasteiger partial charge in [0.15, 0.2) is 9.84 Å². The third-order valence-corrected chi connectivity index (χ3v) is 4.97. The molecule has 2 N–H and O–H groups in total. The van der Waals surface area contributed by atoms with E-state index in [1.807, 2.05) is 26.0 Å². The van der Waals surface area contributed by atoms with E-state index in [1.54, 1.807) is 6.20 Å². The first kappa shape index (κ1) is 13.1. The molecule has 0 saturated carbocycles. The topological polar surface area (TPSA) is 71.1 Å². The molecule has 0 aliphatic carbocycles. The van der Waals surface area contributed by atoms with E-state index in [1.165, 1.54) is 0 Å². The van der Waals surface area contributed by atoms with Crippen molar-refractivity contribution in [2.24, 2.45) is 0 Å². The zero-order valence-corrected chi connectivity index (χ0v) is 11.5. The zero-order valence-electron chi connectivity index (χ0n) is 10.7. The summed E-state index contributed by atoms with van der Waals surface area (Å²) in [5, 5.41) is 6.44. The first-order valence-electron chi connectivity index (χ1n) is 6.11. The molecule has 1 fully saturated rings. The minimum absolute atomic E-state index is 0.193. The molecular formula is C12H19N3O2S. The molecule has 6 heteroatoms. The van der Waals surface area contributed by atoms with E-state index >= 15 is 0 Å². The van der Waals surface area contributed by atoms with E-state index in [2.05, 4.69) is 15.6 Å². The van der Waals surface area contributed by atoms with Gasteiger partial charge >= 0.3 is 0 Å². The number of anilines is 2. The van der Waals surface area contributed by atoms with Crippen LogP contribution in [0.4, 0.5) is 11.5 Å².